The average Bonchev–Trinajstić information content (AvgIpc) is 2.73. The highest BCUT2D eigenvalue weighted by molar-refractivity contribution is 5.80. The van der Waals surface area contributed by atoms with Crippen LogP contribution in [0.3, 0.4) is 0 Å². The quantitative estimate of drug-likeness (QED) is 0.827. The van der Waals surface area contributed by atoms with Crippen LogP contribution in [0.1, 0.15) is 11.3 Å². The van der Waals surface area contributed by atoms with Gasteiger partial charge in [0, 0.05) is 38.9 Å². The zero-order valence-corrected chi connectivity index (χ0v) is 15.6. The molecule has 0 bridgehead atoms. The minimum atomic E-state index is -0.119. The first-order valence-electron chi connectivity index (χ1n) is 9.44. The normalized spacial score (nSPS) is 19.9. The Morgan fingerprint density at radius 1 is 1.19 bits per heavy atom. The van der Waals surface area contributed by atoms with Gasteiger partial charge in [-0.05, 0) is 30.2 Å². The highest BCUT2D eigenvalue weighted by Crippen LogP contribution is 2.36. The van der Waals surface area contributed by atoms with Gasteiger partial charge < -0.3 is 14.4 Å². The molecule has 3 heterocycles. The smallest absolute Gasteiger partial charge is 0.229 e. The molecule has 2 aliphatic heterocycles. The van der Waals surface area contributed by atoms with Crippen molar-refractivity contribution >= 4 is 5.91 Å². The van der Waals surface area contributed by atoms with E-state index >= 15 is 0 Å². The minimum absolute atomic E-state index is 0.119. The minimum Gasteiger partial charge on any atom is -0.493 e. The number of pyridine rings is 1. The molecule has 6 heteroatoms. The number of nitrogens with zero attached hydrogens (tertiary/aromatic N) is 3. The van der Waals surface area contributed by atoms with E-state index in [9.17, 15) is 4.79 Å². The number of carbonyl (C=O) groups is 1. The number of para-hydroxylation sites is 1. The van der Waals surface area contributed by atoms with Gasteiger partial charge in [0.05, 0.1) is 18.7 Å². The number of ether oxygens (including phenoxy) is 2. The van der Waals surface area contributed by atoms with Gasteiger partial charge in [-0.2, -0.15) is 0 Å². The third-order valence-electron chi connectivity index (χ3n) is 5.32. The van der Waals surface area contributed by atoms with Gasteiger partial charge in [-0.3, -0.25) is 14.7 Å². The molecule has 4 rings (SSSR count). The molecule has 2 aromatic rings. The van der Waals surface area contributed by atoms with E-state index in [2.05, 4.69) is 9.88 Å². The third kappa shape index (κ3) is 3.90. The molecule has 0 spiro atoms. The van der Waals surface area contributed by atoms with Gasteiger partial charge in [-0.1, -0.05) is 18.2 Å². The summed E-state index contributed by atoms with van der Waals surface area (Å²) in [6, 6.07) is 11.8. The van der Waals surface area contributed by atoms with Crippen molar-refractivity contribution in [3.8, 4) is 11.5 Å². The number of rotatable bonds is 4. The van der Waals surface area contributed by atoms with Crippen LogP contribution >= 0.6 is 0 Å². The summed E-state index contributed by atoms with van der Waals surface area (Å²) in [6.07, 6.45) is 2.53. The number of hydrogen-bond acceptors (Lipinski definition) is 5. The molecule has 1 amide bonds. The first-order valence-corrected chi connectivity index (χ1v) is 9.44. The summed E-state index contributed by atoms with van der Waals surface area (Å²) >= 11 is 0. The molecule has 1 aromatic carbocycles. The molecule has 2 aliphatic rings. The van der Waals surface area contributed by atoms with Crippen molar-refractivity contribution in [2.45, 2.75) is 13.0 Å². The summed E-state index contributed by atoms with van der Waals surface area (Å²) in [4.78, 5) is 21.7. The van der Waals surface area contributed by atoms with Crippen LogP contribution in [0.2, 0.25) is 0 Å². The van der Waals surface area contributed by atoms with E-state index in [0.29, 0.717) is 13.0 Å². The van der Waals surface area contributed by atoms with Gasteiger partial charge in [0.1, 0.15) is 6.61 Å². The molecule has 1 atom stereocenters. The Balaban J connectivity index is 1.33. The van der Waals surface area contributed by atoms with Gasteiger partial charge in [0.2, 0.25) is 5.91 Å². The van der Waals surface area contributed by atoms with Crippen LogP contribution in [0, 0.1) is 5.92 Å². The Hall–Kier alpha value is -2.60. The monoisotopic (exact) mass is 367 g/mol. The Bertz CT molecular complexity index is 789. The summed E-state index contributed by atoms with van der Waals surface area (Å²) < 4.78 is 11.2. The van der Waals surface area contributed by atoms with Crippen molar-refractivity contribution in [1.29, 1.82) is 0 Å². The molecule has 0 aliphatic carbocycles. The molecule has 1 aromatic heterocycles. The first kappa shape index (κ1) is 17.8. The predicted octanol–water partition coefficient (Wildman–Crippen LogP) is 1.99. The Labute approximate surface area is 159 Å². The van der Waals surface area contributed by atoms with Crippen molar-refractivity contribution in [2.75, 3.05) is 39.9 Å². The lowest BCUT2D eigenvalue weighted by Gasteiger charge is -2.37. The van der Waals surface area contributed by atoms with Crippen molar-refractivity contribution in [1.82, 2.24) is 14.8 Å². The van der Waals surface area contributed by atoms with Crippen LogP contribution in [-0.2, 0) is 17.8 Å². The van der Waals surface area contributed by atoms with Crippen LogP contribution in [0.15, 0.2) is 42.6 Å². The fourth-order valence-electron chi connectivity index (χ4n) is 3.82. The number of aromatic nitrogens is 1. The molecule has 0 N–H and O–H groups in total. The molecule has 0 saturated carbocycles. The lowest BCUT2D eigenvalue weighted by molar-refractivity contribution is -0.138. The SMILES string of the molecule is COc1cccc2c1OC[C@@H](C(=O)N1CCN(Cc3ccccn3)CC1)C2. The number of fused-ring (bicyclic) bond motifs is 1. The molecular formula is C21H25N3O3. The van der Waals surface area contributed by atoms with E-state index in [0.717, 1.165) is 55.5 Å². The van der Waals surface area contributed by atoms with Crippen LogP contribution < -0.4 is 9.47 Å². The second kappa shape index (κ2) is 7.96. The summed E-state index contributed by atoms with van der Waals surface area (Å²) in [6.45, 7) is 4.52. The van der Waals surface area contributed by atoms with Crippen LogP contribution in [0.4, 0.5) is 0 Å². The van der Waals surface area contributed by atoms with E-state index < -0.39 is 0 Å². The topological polar surface area (TPSA) is 54.9 Å². The Morgan fingerprint density at radius 3 is 2.78 bits per heavy atom. The maximum Gasteiger partial charge on any atom is 0.229 e. The standard InChI is InChI=1S/C21H25N3O3/c1-26-19-7-4-5-16-13-17(15-27-20(16)19)21(25)24-11-9-23(10-12-24)14-18-6-2-3-8-22-18/h2-8,17H,9-15H2,1H3/t17-/m0/s1. The molecular weight excluding hydrogens is 342 g/mol. The maximum absolute atomic E-state index is 13.0. The lowest BCUT2D eigenvalue weighted by Crippen LogP contribution is -2.51. The molecule has 1 saturated heterocycles. The summed E-state index contributed by atoms with van der Waals surface area (Å²) in [7, 11) is 1.64. The number of carbonyl (C=O) groups excluding carboxylic acids is 1. The van der Waals surface area contributed by atoms with E-state index in [1.54, 1.807) is 7.11 Å². The van der Waals surface area contributed by atoms with Gasteiger partial charge in [-0.15, -0.1) is 0 Å². The average molecular weight is 367 g/mol. The lowest BCUT2D eigenvalue weighted by atomic mass is 9.95. The summed E-state index contributed by atoms with van der Waals surface area (Å²) in [5.41, 5.74) is 2.12. The first-order chi connectivity index (χ1) is 13.2. The molecule has 0 unspecified atom stereocenters. The maximum atomic E-state index is 13.0. The molecule has 6 nitrogen and oxygen atoms in total. The summed E-state index contributed by atoms with van der Waals surface area (Å²) in [5.74, 6) is 1.60. The van der Waals surface area contributed by atoms with E-state index in [-0.39, 0.29) is 11.8 Å². The van der Waals surface area contributed by atoms with Crippen LogP contribution in [0.5, 0.6) is 11.5 Å². The molecule has 0 radical (unpaired) electrons. The highest BCUT2D eigenvalue weighted by atomic mass is 16.5. The third-order valence-corrected chi connectivity index (χ3v) is 5.32. The van der Waals surface area contributed by atoms with Crippen molar-refractivity contribution in [3.05, 3.63) is 53.9 Å². The van der Waals surface area contributed by atoms with Gasteiger partial charge in [0.25, 0.3) is 0 Å². The van der Waals surface area contributed by atoms with E-state index in [1.165, 1.54) is 0 Å². The largest absolute Gasteiger partial charge is 0.493 e. The van der Waals surface area contributed by atoms with Crippen LogP contribution in [0.25, 0.3) is 0 Å². The van der Waals surface area contributed by atoms with Crippen LogP contribution in [-0.4, -0.2) is 60.6 Å². The van der Waals surface area contributed by atoms with Crippen molar-refractivity contribution < 1.29 is 14.3 Å². The molecule has 1 fully saturated rings. The molecule has 142 valence electrons. The zero-order chi connectivity index (χ0) is 18.6. The van der Waals surface area contributed by atoms with Gasteiger partial charge >= 0.3 is 0 Å². The van der Waals surface area contributed by atoms with Crippen molar-refractivity contribution in [2.24, 2.45) is 5.92 Å². The fourth-order valence-corrected chi connectivity index (χ4v) is 3.82. The number of piperazine rings is 1. The number of hydrogen-bond donors (Lipinski definition) is 0. The second-order valence-corrected chi connectivity index (χ2v) is 7.08. The highest BCUT2D eigenvalue weighted by Gasteiger charge is 2.32. The summed E-state index contributed by atoms with van der Waals surface area (Å²) in [5, 5.41) is 0. The number of amides is 1. The number of methoxy groups -OCH3 is 1. The Morgan fingerprint density at radius 2 is 2.04 bits per heavy atom. The van der Waals surface area contributed by atoms with Crippen molar-refractivity contribution in [3.63, 3.8) is 0 Å². The van der Waals surface area contributed by atoms with E-state index in [1.807, 2.05) is 47.5 Å². The second-order valence-electron chi connectivity index (χ2n) is 7.08. The fraction of sp³-hybridized carbons (Fsp3) is 0.429. The zero-order valence-electron chi connectivity index (χ0n) is 15.6. The van der Waals surface area contributed by atoms with Gasteiger partial charge in [0.15, 0.2) is 11.5 Å². The Kier molecular flexibility index (Phi) is 5.25. The predicted molar refractivity (Wildman–Crippen MR) is 102 cm³/mol. The van der Waals surface area contributed by atoms with Gasteiger partial charge in [-0.25, -0.2) is 0 Å². The number of benzene rings is 1. The molecule has 27 heavy (non-hydrogen) atoms. The van der Waals surface area contributed by atoms with E-state index in [4.69, 9.17) is 9.47 Å².